The van der Waals surface area contributed by atoms with E-state index in [0.717, 1.165) is 12.8 Å². The highest BCUT2D eigenvalue weighted by Gasteiger charge is 2.17. The van der Waals surface area contributed by atoms with E-state index in [1.165, 1.54) is 0 Å². The van der Waals surface area contributed by atoms with E-state index in [-0.39, 0.29) is 0 Å². The smallest absolute Gasteiger partial charge is 0.303 e. The Labute approximate surface area is 92.0 Å². The molecule has 82 valence electrons. The Bertz CT molecular complexity index is 155. The zero-order valence-corrected chi connectivity index (χ0v) is 10.1. The van der Waals surface area contributed by atoms with Crippen molar-refractivity contribution >= 4 is 42.6 Å². The van der Waals surface area contributed by atoms with Crippen LogP contribution in [0.25, 0.3) is 0 Å². The maximum Gasteiger partial charge on any atom is 0.466 e. The minimum atomic E-state index is -4.64. The van der Waals surface area contributed by atoms with Gasteiger partial charge in [-0.3, -0.25) is 0 Å². The molecule has 0 atom stereocenters. The molecule has 0 bridgehead atoms. The van der Waals surface area contributed by atoms with Gasteiger partial charge in [-0.05, 0) is 12.8 Å². The fourth-order valence-corrected chi connectivity index (χ4v) is 0.778. The zero-order chi connectivity index (χ0) is 11.1. The fourth-order valence-electron chi connectivity index (χ4n) is 0.377. The minimum absolute atomic E-state index is 0.661. The Hall–Kier alpha value is 0.980. The van der Waals surface area contributed by atoms with Crippen molar-refractivity contribution in [3.8, 4) is 0 Å². The summed E-state index contributed by atoms with van der Waals surface area (Å²) in [6.45, 7) is 2.07. The van der Waals surface area contributed by atoms with Crippen LogP contribution in [0.1, 0.15) is 26.2 Å². The van der Waals surface area contributed by atoms with Gasteiger partial charge in [0.15, 0.2) is 3.79 Å². The molecule has 0 heterocycles. The number of rotatable bonds is 2. The number of alkyl halides is 3. The third-order valence-corrected chi connectivity index (χ3v) is 1.38. The lowest BCUT2D eigenvalue weighted by molar-refractivity contribution is 0.275. The standard InChI is InChI=1S/C5H9Cl3.H3O4P/c1-2-3-4-5(6,7)8;1-5(2,3)4/h2-4H2,1H3;(H3,1,2,3,4). The number of unbranched alkanes of at least 4 members (excludes halogenated alkanes) is 1. The third kappa shape index (κ3) is 43.8. The van der Waals surface area contributed by atoms with Crippen LogP contribution in [0.15, 0.2) is 0 Å². The normalized spacial score (nSPS) is 11.9. The van der Waals surface area contributed by atoms with Gasteiger partial charge >= 0.3 is 7.82 Å². The number of hydrogen-bond acceptors (Lipinski definition) is 1. The van der Waals surface area contributed by atoms with E-state index in [4.69, 9.17) is 54.0 Å². The SMILES string of the molecule is CCCCC(Cl)(Cl)Cl.O=P(O)(O)O. The van der Waals surface area contributed by atoms with Crippen LogP contribution in [-0.4, -0.2) is 18.5 Å². The van der Waals surface area contributed by atoms with E-state index in [9.17, 15) is 0 Å². The lowest BCUT2D eigenvalue weighted by atomic mass is 10.3. The molecule has 0 radical (unpaired) electrons. The molecule has 0 aliphatic carbocycles. The van der Waals surface area contributed by atoms with Crippen molar-refractivity contribution in [3.63, 3.8) is 0 Å². The highest BCUT2D eigenvalue weighted by molar-refractivity contribution is 7.45. The number of hydrogen-bond donors (Lipinski definition) is 3. The molecule has 8 heteroatoms. The average Bonchev–Trinajstić information content (AvgIpc) is 1.77. The molecule has 13 heavy (non-hydrogen) atoms. The van der Waals surface area contributed by atoms with Crippen LogP contribution >= 0.6 is 42.6 Å². The molecule has 0 amide bonds. The Morgan fingerprint density at radius 3 is 1.62 bits per heavy atom. The summed E-state index contributed by atoms with van der Waals surface area (Å²) in [7, 11) is -4.64. The lowest BCUT2D eigenvalue weighted by Gasteiger charge is -2.07. The lowest BCUT2D eigenvalue weighted by Crippen LogP contribution is -1.99. The molecule has 4 nitrogen and oxygen atoms in total. The Morgan fingerprint density at radius 2 is 1.54 bits per heavy atom. The maximum absolute atomic E-state index is 8.88. The molecule has 0 fully saturated rings. The van der Waals surface area contributed by atoms with Crippen LogP contribution in [0.5, 0.6) is 0 Å². The maximum atomic E-state index is 8.88. The summed E-state index contributed by atoms with van der Waals surface area (Å²) in [5.74, 6) is 0. The van der Waals surface area contributed by atoms with Gasteiger partial charge in [0.1, 0.15) is 0 Å². The van der Waals surface area contributed by atoms with Crippen LogP contribution < -0.4 is 0 Å². The van der Waals surface area contributed by atoms with Crippen LogP contribution in [-0.2, 0) is 4.57 Å². The first-order valence-corrected chi connectivity index (χ1v) is 6.11. The molecule has 0 saturated carbocycles. The summed E-state index contributed by atoms with van der Waals surface area (Å²) in [6, 6.07) is 0. The van der Waals surface area contributed by atoms with E-state index in [0.29, 0.717) is 6.42 Å². The molecule has 0 aliphatic rings. The highest BCUT2D eigenvalue weighted by Crippen LogP contribution is 2.31. The van der Waals surface area contributed by atoms with Crippen molar-refractivity contribution in [2.45, 2.75) is 30.0 Å². The molecular formula is C5H12Cl3O4P. The minimum Gasteiger partial charge on any atom is -0.303 e. The van der Waals surface area contributed by atoms with Gasteiger partial charge < -0.3 is 14.7 Å². The van der Waals surface area contributed by atoms with E-state index in [2.05, 4.69) is 6.92 Å². The van der Waals surface area contributed by atoms with Crippen LogP contribution in [0, 0.1) is 0 Å². The molecule has 0 saturated heterocycles. The summed E-state index contributed by atoms with van der Waals surface area (Å²) in [5, 5.41) is 0. The molecule has 0 unspecified atom stereocenters. The summed E-state index contributed by atoms with van der Waals surface area (Å²) in [5.41, 5.74) is 0. The van der Waals surface area contributed by atoms with Gasteiger partial charge in [0.2, 0.25) is 0 Å². The van der Waals surface area contributed by atoms with Gasteiger partial charge in [-0.1, -0.05) is 48.1 Å². The van der Waals surface area contributed by atoms with E-state index in [1.807, 2.05) is 0 Å². The molecule has 0 aliphatic heterocycles. The Morgan fingerprint density at radius 1 is 1.23 bits per heavy atom. The van der Waals surface area contributed by atoms with Crippen molar-refractivity contribution in [2.75, 3.05) is 0 Å². The topological polar surface area (TPSA) is 77.8 Å². The van der Waals surface area contributed by atoms with Gasteiger partial charge in [0.25, 0.3) is 0 Å². The van der Waals surface area contributed by atoms with Crippen LogP contribution in [0.2, 0.25) is 0 Å². The summed E-state index contributed by atoms with van der Waals surface area (Å²) in [6.07, 6.45) is 2.72. The molecule has 3 N–H and O–H groups in total. The van der Waals surface area contributed by atoms with Gasteiger partial charge in [-0.15, -0.1) is 0 Å². The Balaban J connectivity index is 0. The first-order chi connectivity index (χ1) is 5.56. The predicted octanol–water partition coefficient (Wildman–Crippen LogP) is 2.62. The average molecular weight is 273 g/mol. The molecule has 0 aromatic heterocycles. The van der Waals surface area contributed by atoms with E-state index >= 15 is 0 Å². The molecular weight excluding hydrogens is 261 g/mol. The van der Waals surface area contributed by atoms with Crippen molar-refractivity contribution < 1.29 is 19.2 Å². The fraction of sp³-hybridized carbons (Fsp3) is 1.00. The van der Waals surface area contributed by atoms with Gasteiger partial charge in [-0.2, -0.15) is 0 Å². The number of phosphoric acid groups is 1. The van der Waals surface area contributed by atoms with Crippen LogP contribution in [0.4, 0.5) is 0 Å². The van der Waals surface area contributed by atoms with Crippen molar-refractivity contribution in [3.05, 3.63) is 0 Å². The third-order valence-electron chi connectivity index (χ3n) is 0.814. The van der Waals surface area contributed by atoms with Crippen LogP contribution in [0.3, 0.4) is 0 Å². The molecule has 0 aromatic carbocycles. The monoisotopic (exact) mass is 272 g/mol. The van der Waals surface area contributed by atoms with Crippen molar-refractivity contribution in [2.24, 2.45) is 0 Å². The quantitative estimate of drug-likeness (QED) is 0.534. The second kappa shape index (κ2) is 7.30. The molecule has 0 rings (SSSR count). The van der Waals surface area contributed by atoms with E-state index in [1.54, 1.807) is 0 Å². The molecule has 0 spiro atoms. The van der Waals surface area contributed by atoms with Gasteiger partial charge in [-0.25, -0.2) is 4.57 Å². The second-order valence-electron chi connectivity index (χ2n) is 2.23. The summed E-state index contributed by atoms with van der Waals surface area (Å²) >= 11 is 16.3. The summed E-state index contributed by atoms with van der Waals surface area (Å²) < 4.78 is 7.85. The van der Waals surface area contributed by atoms with Gasteiger partial charge in [0, 0.05) is 0 Å². The molecule has 0 aromatic rings. The second-order valence-corrected chi connectivity index (χ2v) is 5.77. The first-order valence-electron chi connectivity index (χ1n) is 3.41. The largest absolute Gasteiger partial charge is 0.466 e. The van der Waals surface area contributed by atoms with Crippen molar-refractivity contribution in [1.82, 2.24) is 0 Å². The highest BCUT2D eigenvalue weighted by atomic mass is 35.6. The van der Waals surface area contributed by atoms with Gasteiger partial charge in [0.05, 0.1) is 0 Å². The number of halogens is 3. The summed E-state index contributed by atoms with van der Waals surface area (Å²) in [4.78, 5) is 21.6. The van der Waals surface area contributed by atoms with Crippen molar-refractivity contribution in [1.29, 1.82) is 0 Å². The zero-order valence-electron chi connectivity index (χ0n) is 6.95. The predicted molar refractivity (Wildman–Crippen MR) is 54.1 cm³/mol. The first kappa shape index (κ1) is 16.4. The van der Waals surface area contributed by atoms with E-state index < -0.39 is 11.6 Å². The Kier molecular flexibility index (Phi) is 9.21.